The third-order valence-electron chi connectivity index (χ3n) is 5.69. The lowest BCUT2D eigenvalue weighted by Gasteiger charge is -2.28. The summed E-state index contributed by atoms with van der Waals surface area (Å²) in [5.41, 5.74) is 1.06. The molecule has 164 valence electrons. The van der Waals surface area contributed by atoms with Gasteiger partial charge in [-0.1, -0.05) is 57.3 Å². The highest BCUT2D eigenvalue weighted by Crippen LogP contribution is 2.30. The molecule has 0 aliphatic rings. The predicted octanol–water partition coefficient (Wildman–Crippen LogP) is 5.74. The lowest BCUT2D eigenvalue weighted by molar-refractivity contribution is 0.276. The van der Waals surface area contributed by atoms with Crippen molar-refractivity contribution in [2.75, 3.05) is 6.61 Å². The first-order valence-electron chi connectivity index (χ1n) is 10.4. The lowest BCUT2D eigenvalue weighted by Crippen LogP contribution is -2.27. The van der Waals surface area contributed by atoms with Crippen LogP contribution in [0.2, 0.25) is 18.1 Å². The molecule has 0 radical (unpaired) electrons. The zero-order chi connectivity index (χ0) is 22.5. The Hall–Kier alpha value is -2.57. The first kappa shape index (κ1) is 23.1. The van der Waals surface area contributed by atoms with Crippen molar-refractivity contribution < 1.29 is 17.9 Å². The average Bonchev–Trinajstić information content (AvgIpc) is 2.77. The van der Waals surface area contributed by atoms with Gasteiger partial charge in [-0.05, 0) is 59.1 Å². The fraction of sp³-hybridized carbons (Fsp3) is 0.280. The monoisotopic (exact) mass is 454 g/mol. The Morgan fingerprint density at radius 3 is 1.71 bits per heavy atom. The van der Waals surface area contributed by atoms with Crippen LogP contribution in [-0.4, -0.2) is 23.8 Å². The molecule has 3 rings (SSSR count). The molecule has 0 aromatic heterocycles. The molecule has 0 spiro atoms. The second-order valence-electron chi connectivity index (χ2n) is 8.65. The largest absolute Gasteiger partial charge is 0.493 e. The van der Waals surface area contributed by atoms with Gasteiger partial charge in [0.25, 0.3) is 0 Å². The Bertz CT molecular complexity index is 1070. The minimum absolute atomic E-state index is 0.176. The summed E-state index contributed by atoms with van der Waals surface area (Å²) in [5.74, 6) is 1.31. The molecule has 0 saturated carbocycles. The van der Waals surface area contributed by atoms with Crippen LogP contribution >= 0.6 is 0 Å². The summed E-state index contributed by atoms with van der Waals surface area (Å²) in [6, 6.07) is 23.0. The van der Waals surface area contributed by atoms with Gasteiger partial charge in [0.1, 0.15) is 18.1 Å². The van der Waals surface area contributed by atoms with Crippen LogP contribution < -0.4 is 9.47 Å². The van der Waals surface area contributed by atoms with Crippen molar-refractivity contribution in [2.45, 2.75) is 48.4 Å². The van der Waals surface area contributed by atoms with Crippen LogP contribution in [0.4, 0.5) is 0 Å². The number of benzene rings is 3. The molecule has 3 aromatic rings. The Labute approximate surface area is 187 Å². The summed E-state index contributed by atoms with van der Waals surface area (Å²) in [6.07, 6.45) is 0. The first-order valence-corrected chi connectivity index (χ1v) is 14.8. The molecule has 0 aliphatic heterocycles. The zero-order valence-electron chi connectivity index (χ0n) is 18.5. The highest BCUT2D eigenvalue weighted by Gasteiger charge is 2.24. The van der Waals surface area contributed by atoms with Gasteiger partial charge in [-0.25, -0.2) is 8.42 Å². The maximum absolute atomic E-state index is 13.0. The Morgan fingerprint density at radius 2 is 1.23 bits per heavy atom. The van der Waals surface area contributed by atoms with E-state index < -0.39 is 18.6 Å². The topological polar surface area (TPSA) is 52.6 Å². The van der Waals surface area contributed by atoms with Gasteiger partial charge in [0.05, 0.1) is 16.4 Å². The molecule has 31 heavy (non-hydrogen) atoms. The molecule has 4 nitrogen and oxygen atoms in total. The average molecular weight is 455 g/mol. The molecule has 3 aromatic carbocycles. The zero-order valence-corrected chi connectivity index (χ0v) is 20.5. The van der Waals surface area contributed by atoms with Gasteiger partial charge in [-0.3, -0.25) is 0 Å². The smallest absolute Gasteiger partial charge is 0.206 e. The van der Waals surface area contributed by atoms with E-state index in [0.717, 1.165) is 5.56 Å². The van der Waals surface area contributed by atoms with E-state index in [2.05, 4.69) is 26.9 Å². The van der Waals surface area contributed by atoms with Gasteiger partial charge in [-0.15, -0.1) is 0 Å². The molecular formula is C25H30O4SSi. The lowest BCUT2D eigenvalue weighted by atomic mass is 10.2. The molecule has 0 N–H and O–H groups in total. The minimum Gasteiger partial charge on any atom is -0.493 e. The van der Waals surface area contributed by atoms with Crippen LogP contribution in [0.25, 0.3) is 0 Å². The van der Waals surface area contributed by atoms with E-state index in [1.165, 1.54) is 0 Å². The molecule has 0 heterocycles. The Balaban J connectivity index is 1.65. The second kappa shape index (κ2) is 9.70. The van der Waals surface area contributed by atoms with E-state index in [0.29, 0.717) is 24.7 Å². The number of rotatable bonds is 9. The number of hydrogen-bond acceptors (Lipinski definition) is 4. The van der Waals surface area contributed by atoms with Crippen molar-refractivity contribution in [1.82, 2.24) is 0 Å². The summed E-state index contributed by atoms with van der Waals surface area (Å²) in [7, 11) is -4.46. The van der Waals surface area contributed by atoms with Crippen LogP contribution in [0.15, 0.2) is 88.7 Å². The van der Waals surface area contributed by atoms with E-state index in [-0.39, 0.29) is 14.8 Å². The van der Waals surface area contributed by atoms with Crippen molar-refractivity contribution in [3.8, 4) is 11.5 Å². The quantitative estimate of drug-likeness (QED) is 0.387. The van der Waals surface area contributed by atoms with E-state index in [9.17, 15) is 8.42 Å². The van der Waals surface area contributed by atoms with Crippen molar-refractivity contribution >= 4 is 18.6 Å². The number of sulfone groups is 1. The fourth-order valence-electron chi connectivity index (χ4n) is 2.74. The summed E-state index contributed by atoms with van der Waals surface area (Å²) < 4.78 is 37.6. The maximum atomic E-state index is 13.0. The van der Waals surface area contributed by atoms with E-state index in [4.69, 9.17) is 9.47 Å². The standard InChI is InChI=1S/C25H30O4SSi/c1-25(2,31(3)4)19-29-22-12-16-24(17-13-22)30(26,27)23-14-10-21(11-15-23)28-18-20-8-6-5-7-9-20/h5-17,31H,18-19H2,1-4H3. The van der Waals surface area contributed by atoms with Gasteiger partial charge in [0.2, 0.25) is 9.84 Å². The molecule has 0 amide bonds. The van der Waals surface area contributed by atoms with E-state index in [1.807, 2.05) is 30.3 Å². The summed E-state index contributed by atoms with van der Waals surface area (Å²) in [4.78, 5) is 0.482. The molecular weight excluding hydrogens is 424 g/mol. The van der Waals surface area contributed by atoms with Crippen LogP contribution in [0, 0.1) is 0 Å². The fourth-order valence-corrected chi connectivity index (χ4v) is 4.42. The van der Waals surface area contributed by atoms with Crippen molar-refractivity contribution in [3.63, 3.8) is 0 Å². The summed E-state index contributed by atoms with van der Waals surface area (Å²) >= 11 is 0. The minimum atomic E-state index is -3.60. The first-order chi connectivity index (χ1) is 14.7. The van der Waals surface area contributed by atoms with Crippen molar-refractivity contribution in [2.24, 2.45) is 0 Å². The van der Waals surface area contributed by atoms with E-state index in [1.54, 1.807) is 48.5 Å². The molecule has 0 atom stereocenters. The van der Waals surface area contributed by atoms with Crippen LogP contribution in [-0.2, 0) is 16.4 Å². The number of ether oxygens (including phenoxy) is 2. The maximum Gasteiger partial charge on any atom is 0.206 e. The predicted molar refractivity (Wildman–Crippen MR) is 128 cm³/mol. The molecule has 0 aliphatic carbocycles. The summed E-state index contributed by atoms with van der Waals surface area (Å²) in [6.45, 7) is 10.1. The van der Waals surface area contributed by atoms with Crippen molar-refractivity contribution in [3.05, 3.63) is 84.4 Å². The molecule has 6 heteroatoms. The van der Waals surface area contributed by atoms with Gasteiger partial charge in [0.15, 0.2) is 0 Å². The third kappa shape index (κ3) is 5.99. The number of hydrogen-bond donors (Lipinski definition) is 0. The highest BCUT2D eigenvalue weighted by atomic mass is 32.2. The molecule has 0 saturated heterocycles. The molecule has 0 unspecified atom stereocenters. The second-order valence-corrected chi connectivity index (χ2v) is 14.5. The molecule has 0 fully saturated rings. The van der Waals surface area contributed by atoms with Crippen LogP contribution in [0.5, 0.6) is 11.5 Å². The Kier molecular flexibility index (Phi) is 7.23. The van der Waals surface area contributed by atoms with Crippen molar-refractivity contribution in [1.29, 1.82) is 0 Å². The van der Waals surface area contributed by atoms with Gasteiger partial charge in [0, 0.05) is 8.80 Å². The van der Waals surface area contributed by atoms with E-state index >= 15 is 0 Å². The summed E-state index contributed by atoms with van der Waals surface area (Å²) in [5, 5.41) is 0.176. The Morgan fingerprint density at radius 1 is 0.742 bits per heavy atom. The van der Waals surface area contributed by atoms with Gasteiger partial charge >= 0.3 is 0 Å². The van der Waals surface area contributed by atoms with Gasteiger partial charge < -0.3 is 9.47 Å². The third-order valence-corrected chi connectivity index (χ3v) is 10.8. The SMILES string of the molecule is C[SiH](C)C(C)(C)COc1ccc(S(=O)(=O)c2ccc(OCc3ccccc3)cc2)cc1. The van der Waals surface area contributed by atoms with Gasteiger partial charge in [-0.2, -0.15) is 0 Å². The van der Waals surface area contributed by atoms with Crippen LogP contribution in [0.3, 0.4) is 0 Å². The normalized spacial score (nSPS) is 12.0. The molecule has 0 bridgehead atoms. The van der Waals surface area contributed by atoms with Crippen LogP contribution in [0.1, 0.15) is 19.4 Å². The highest BCUT2D eigenvalue weighted by molar-refractivity contribution is 7.91.